The maximum absolute atomic E-state index is 12.0. The van der Waals surface area contributed by atoms with Gasteiger partial charge in [-0.25, -0.2) is 4.98 Å². The van der Waals surface area contributed by atoms with Gasteiger partial charge in [-0.15, -0.1) is 0 Å². The van der Waals surface area contributed by atoms with Crippen molar-refractivity contribution in [1.82, 2.24) is 14.9 Å². The monoisotopic (exact) mass is 538 g/mol. The maximum Gasteiger partial charge on any atom is 0.223 e. The first-order valence-electron chi connectivity index (χ1n) is 12.2. The highest BCUT2D eigenvalue weighted by Crippen LogP contribution is 2.35. The predicted molar refractivity (Wildman–Crippen MR) is 146 cm³/mol. The summed E-state index contributed by atoms with van der Waals surface area (Å²) in [4.78, 5) is 25.0. The summed E-state index contributed by atoms with van der Waals surface area (Å²) in [6.45, 7) is 5.93. The van der Waals surface area contributed by atoms with E-state index in [1.165, 1.54) is 0 Å². The number of ether oxygens (including phenoxy) is 1. The van der Waals surface area contributed by atoms with Gasteiger partial charge in [0.25, 0.3) is 0 Å². The van der Waals surface area contributed by atoms with Gasteiger partial charge in [-0.05, 0) is 50.6 Å². The molecule has 0 aliphatic carbocycles. The summed E-state index contributed by atoms with van der Waals surface area (Å²) in [6, 6.07) is 9.28. The lowest BCUT2D eigenvalue weighted by Crippen LogP contribution is -2.51. The lowest BCUT2D eigenvalue weighted by atomic mass is 10.0. The number of nitrogens with two attached hydrogens (primary N) is 1. The molecule has 192 valence electrons. The normalized spacial score (nSPS) is 18.1. The fourth-order valence-corrected chi connectivity index (χ4v) is 5.64. The molecule has 1 amide bonds. The van der Waals surface area contributed by atoms with Crippen molar-refractivity contribution in [3.63, 3.8) is 0 Å². The first-order valence-corrected chi connectivity index (χ1v) is 12.9. The third-order valence-corrected chi connectivity index (χ3v) is 7.83. The Morgan fingerprint density at radius 3 is 2.76 bits per heavy atom. The Morgan fingerprint density at radius 1 is 1.19 bits per heavy atom. The average Bonchev–Trinajstić information content (AvgIpc) is 3.27. The predicted octanol–water partition coefficient (Wildman–Crippen LogP) is 5.04. The van der Waals surface area contributed by atoms with Crippen LogP contribution in [0.15, 0.2) is 42.7 Å². The number of amides is 1. The number of hydrogen-bond acceptors (Lipinski definition) is 7. The summed E-state index contributed by atoms with van der Waals surface area (Å²) in [5, 5.41) is 9.70. The van der Waals surface area contributed by atoms with Crippen molar-refractivity contribution < 1.29 is 9.53 Å². The van der Waals surface area contributed by atoms with Crippen LogP contribution in [0, 0.1) is 12.3 Å². The van der Waals surface area contributed by atoms with Crippen LogP contribution in [0.25, 0.3) is 0 Å². The van der Waals surface area contributed by atoms with Gasteiger partial charge in [0.1, 0.15) is 17.7 Å². The second kappa shape index (κ2) is 10.2. The highest BCUT2D eigenvalue weighted by atomic mass is 35.5. The molecule has 3 N–H and O–H groups in total. The Balaban J connectivity index is 1.32. The largest absolute Gasteiger partial charge is 0.486 e. The number of anilines is 2. The number of carbonyl (C=O) groups is 1. The minimum atomic E-state index is -0.441. The summed E-state index contributed by atoms with van der Waals surface area (Å²) >= 11 is 12.8. The number of halogens is 2. The zero-order valence-electron chi connectivity index (χ0n) is 20.7. The van der Waals surface area contributed by atoms with Gasteiger partial charge in [0.2, 0.25) is 5.91 Å². The maximum atomic E-state index is 12.0. The molecule has 2 saturated heterocycles. The Morgan fingerprint density at radius 2 is 2.00 bits per heavy atom. The fraction of sp³-hybridized carbons (Fsp3) is 0.333. The number of benzene rings is 1. The van der Waals surface area contributed by atoms with Crippen molar-refractivity contribution in [1.29, 1.82) is 5.41 Å². The molecule has 4 heterocycles. The molecule has 2 aromatic heterocycles. The summed E-state index contributed by atoms with van der Waals surface area (Å²) < 4.78 is 6.14. The van der Waals surface area contributed by atoms with Crippen LogP contribution in [0.5, 0.6) is 5.75 Å². The fourth-order valence-electron chi connectivity index (χ4n) is 4.99. The van der Waals surface area contributed by atoms with Crippen molar-refractivity contribution in [2.75, 3.05) is 30.3 Å². The molecular weight excluding hydrogens is 511 g/mol. The number of aryl methyl sites for hydroxylation is 1. The van der Waals surface area contributed by atoms with Crippen LogP contribution in [-0.4, -0.2) is 52.2 Å². The van der Waals surface area contributed by atoms with E-state index in [-0.39, 0.29) is 17.7 Å². The number of nitrogen functional groups attached to an aromatic ring is 1. The second-order valence-electron chi connectivity index (χ2n) is 9.43. The van der Waals surface area contributed by atoms with Crippen molar-refractivity contribution in [3.8, 4) is 5.75 Å². The summed E-state index contributed by atoms with van der Waals surface area (Å²) in [6.07, 6.45) is 4.34. The standard InChI is InChI=1S/C27H28Cl2N6O2/c1-15-26(29)25(21(28)13-32-15)16(2)37-19-5-6-22(30)20(11-19)27(31)17-3-7-23(33-12-17)34-9-10-35-18(14-34)4-8-24(35)36/h3,5-7,11-13,16,18,31H,4,8-10,14,30H2,1-2H3/t16-,18?/m1/s1. The van der Waals surface area contributed by atoms with Crippen LogP contribution >= 0.6 is 23.2 Å². The summed E-state index contributed by atoms with van der Waals surface area (Å²) in [5.74, 6) is 1.63. The molecule has 8 nitrogen and oxygen atoms in total. The van der Waals surface area contributed by atoms with E-state index in [0.717, 1.165) is 31.9 Å². The number of rotatable bonds is 6. The van der Waals surface area contributed by atoms with Crippen LogP contribution in [0.2, 0.25) is 10.0 Å². The molecule has 2 fully saturated rings. The lowest BCUT2D eigenvalue weighted by Gasteiger charge is -2.38. The topological polar surface area (TPSA) is 108 Å². The van der Waals surface area contributed by atoms with E-state index >= 15 is 0 Å². The van der Waals surface area contributed by atoms with Crippen LogP contribution in [0.4, 0.5) is 11.5 Å². The van der Waals surface area contributed by atoms with Gasteiger partial charge in [0, 0.05) is 66.9 Å². The minimum absolute atomic E-state index is 0.247. The average molecular weight is 539 g/mol. The molecule has 37 heavy (non-hydrogen) atoms. The molecule has 10 heteroatoms. The zero-order valence-corrected chi connectivity index (χ0v) is 22.2. The number of pyridine rings is 2. The molecule has 1 unspecified atom stereocenters. The molecule has 0 bridgehead atoms. The van der Waals surface area contributed by atoms with E-state index in [9.17, 15) is 4.79 Å². The Bertz CT molecular complexity index is 1360. The number of fused-ring (bicyclic) bond motifs is 1. The van der Waals surface area contributed by atoms with Crippen LogP contribution in [0.3, 0.4) is 0 Å². The second-order valence-corrected chi connectivity index (χ2v) is 10.2. The highest BCUT2D eigenvalue weighted by Gasteiger charge is 2.35. The van der Waals surface area contributed by atoms with Crippen molar-refractivity contribution >= 4 is 46.3 Å². The highest BCUT2D eigenvalue weighted by molar-refractivity contribution is 6.36. The molecule has 5 rings (SSSR count). The zero-order chi connectivity index (χ0) is 26.3. The van der Waals surface area contributed by atoms with E-state index in [1.807, 2.05) is 30.9 Å². The number of nitrogens with one attached hydrogen (secondary N) is 1. The first kappa shape index (κ1) is 25.3. The van der Waals surface area contributed by atoms with Crippen LogP contribution < -0.4 is 15.4 Å². The third kappa shape index (κ3) is 4.95. The SMILES string of the molecule is Cc1ncc(Cl)c([C@@H](C)Oc2ccc(N)c(C(=N)c3ccc(N4CCN5C(=O)CCC5C4)nc3)c2)c1Cl. The third-order valence-electron chi connectivity index (χ3n) is 7.05. The van der Waals surface area contributed by atoms with Crippen LogP contribution in [-0.2, 0) is 4.79 Å². The molecule has 2 atom stereocenters. The van der Waals surface area contributed by atoms with Gasteiger partial charge in [0.05, 0.1) is 21.5 Å². The number of aromatic nitrogens is 2. The van der Waals surface area contributed by atoms with Gasteiger partial charge in [-0.1, -0.05) is 23.2 Å². The summed E-state index contributed by atoms with van der Waals surface area (Å²) in [5.41, 5.74) is 9.47. The Kier molecular flexibility index (Phi) is 6.96. The van der Waals surface area contributed by atoms with E-state index in [1.54, 1.807) is 30.6 Å². The molecule has 0 spiro atoms. The molecule has 2 aliphatic rings. The van der Waals surface area contributed by atoms with E-state index < -0.39 is 6.10 Å². The van der Waals surface area contributed by atoms with Gasteiger partial charge in [0.15, 0.2) is 0 Å². The molecule has 2 aliphatic heterocycles. The van der Waals surface area contributed by atoms with E-state index in [2.05, 4.69) is 14.9 Å². The van der Waals surface area contributed by atoms with Crippen molar-refractivity contribution in [3.05, 3.63) is 75.2 Å². The van der Waals surface area contributed by atoms with Gasteiger partial charge >= 0.3 is 0 Å². The van der Waals surface area contributed by atoms with E-state index in [0.29, 0.717) is 50.3 Å². The summed E-state index contributed by atoms with van der Waals surface area (Å²) in [7, 11) is 0. The van der Waals surface area contributed by atoms with Crippen LogP contribution in [0.1, 0.15) is 48.3 Å². The van der Waals surface area contributed by atoms with Crippen molar-refractivity contribution in [2.45, 2.75) is 38.8 Å². The molecule has 3 aromatic rings. The van der Waals surface area contributed by atoms with Gasteiger partial charge in [-0.3, -0.25) is 15.2 Å². The van der Waals surface area contributed by atoms with Crippen molar-refractivity contribution in [2.24, 2.45) is 0 Å². The Hall–Kier alpha value is -3.36. The number of carbonyl (C=O) groups excluding carboxylic acids is 1. The first-order chi connectivity index (χ1) is 17.7. The van der Waals surface area contributed by atoms with E-state index in [4.69, 9.17) is 39.1 Å². The molecule has 0 saturated carbocycles. The Labute approximate surface area is 225 Å². The smallest absolute Gasteiger partial charge is 0.223 e. The number of piperazine rings is 1. The lowest BCUT2D eigenvalue weighted by molar-refractivity contribution is -0.129. The minimum Gasteiger partial charge on any atom is -0.486 e. The number of hydrogen-bond donors (Lipinski definition) is 2. The molecule has 1 aromatic carbocycles. The quantitative estimate of drug-likeness (QED) is 0.336. The van der Waals surface area contributed by atoms with Gasteiger partial charge < -0.3 is 20.3 Å². The molecule has 0 radical (unpaired) electrons. The number of nitrogens with zero attached hydrogens (tertiary/aromatic N) is 4. The molecular formula is C27H28Cl2N6O2. The van der Waals surface area contributed by atoms with Gasteiger partial charge in [-0.2, -0.15) is 0 Å².